The number of methoxy groups -OCH3 is 3. The summed E-state index contributed by atoms with van der Waals surface area (Å²) in [6, 6.07) is 9.51. The Morgan fingerprint density at radius 1 is 1.13 bits per heavy atom. The van der Waals surface area contributed by atoms with Gasteiger partial charge in [-0.25, -0.2) is 4.79 Å². The molecule has 7 heteroatoms. The van der Waals surface area contributed by atoms with Crippen LogP contribution < -0.4 is 14.8 Å². The third-order valence-electron chi connectivity index (χ3n) is 5.93. The Hall–Kier alpha value is -3.06. The Labute approximate surface area is 185 Å². The summed E-state index contributed by atoms with van der Waals surface area (Å²) in [7, 11) is 4.50. The zero-order valence-electron chi connectivity index (χ0n) is 18.0. The highest BCUT2D eigenvalue weighted by molar-refractivity contribution is 7.10. The number of nitrogens with one attached hydrogen (secondary N) is 1. The van der Waals surface area contributed by atoms with Crippen LogP contribution in [-0.2, 0) is 14.3 Å². The number of dihydropyridines is 1. The standard InChI is InChI=1S/C24H25NO5S/c1-13-21(24(27)30-4)22(16-8-7-15(28-2)12-19(16)29-3)23-17(25-13)10-14(11-18(23)26)20-6-5-9-31-20/h5-9,12,14,22,25H,10-11H2,1-4H3/t14-,22+/m1/s1. The maximum Gasteiger partial charge on any atom is 0.336 e. The van der Waals surface area contributed by atoms with Gasteiger partial charge in [0.1, 0.15) is 11.5 Å². The molecule has 162 valence electrons. The maximum absolute atomic E-state index is 13.5. The van der Waals surface area contributed by atoms with Crippen LogP contribution in [0.2, 0.25) is 0 Å². The van der Waals surface area contributed by atoms with E-state index in [1.165, 1.54) is 12.0 Å². The number of allylic oxidation sites excluding steroid dienone is 3. The van der Waals surface area contributed by atoms with Crippen molar-refractivity contribution < 1.29 is 23.8 Å². The first-order valence-electron chi connectivity index (χ1n) is 10.1. The largest absolute Gasteiger partial charge is 0.497 e. The molecule has 0 amide bonds. The molecule has 1 N–H and O–H groups in total. The molecular weight excluding hydrogens is 414 g/mol. The van der Waals surface area contributed by atoms with Crippen molar-refractivity contribution in [3.63, 3.8) is 0 Å². The lowest BCUT2D eigenvalue weighted by atomic mass is 9.72. The summed E-state index contributed by atoms with van der Waals surface area (Å²) < 4.78 is 16.0. The van der Waals surface area contributed by atoms with Gasteiger partial charge in [0.05, 0.1) is 32.8 Å². The van der Waals surface area contributed by atoms with E-state index in [1.54, 1.807) is 31.6 Å². The number of thiophene rings is 1. The van der Waals surface area contributed by atoms with Crippen molar-refractivity contribution in [1.29, 1.82) is 0 Å². The molecule has 0 radical (unpaired) electrons. The third-order valence-corrected chi connectivity index (χ3v) is 6.96. The van der Waals surface area contributed by atoms with Crippen molar-refractivity contribution >= 4 is 23.1 Å². The SMILES string of the molecule is COC(=O)C1=C(C)NC2=C(C(=O)C[C@H](c3cccs3)C2)[C@H]1c1ccc(OC)cc1OC. The second kappa shape index (κ2) is 8.59. The highest BCUT2D eigenvalue weighted by Gasteiger charge is 2.42. The fourth-order valence-corrected chi connectivity index (χ4v) is 5.34. The molecule has 0 spiro atoms. The topological polar surface area (TPSA) is 73.9 Å². The van der Waals surface area contributed by atoms with E-state index in [1.807, 2.05) is 30.5 Å². The van der Waals surface area contributed by atoms with Crippen LogP contribution in [0, 0.1) is 0 Å². The predicted octanol–water partition coefficient (Wildman–Crippen LogP) is 4.30. The molecule has 0 saturated heterocycles. The normalized spacial score (nSPS) is 20.8. The fourth-order valence-electron chi connectivity index (χ4n) is 4.51. The molecule has 0 bridgehead atoms. The van der Waals surface area contributed by atoms with Crippen LogP contribution in [0.1, 0.15) is 42.0 Å². The lowest BCUT2D eigenvalue weighted by Crippen LogP contribution is -2.36. The van der Waals surface area contributed by atoms with E-state index < -0.39 is 11.9 Å². The number of ether oxygens (including phenoxy) is 3. The molecule has 2 aliphatic rings. The number of benzene rings is 1. The first kappa shape index (κ1) is 21.2. The number of Topliss-reactive ketones (excluding diaryl/α,β-unsaturated/α-hetero) is 1. The molecule has 2 atom stereocenters. The summed E-state index contributed by atoms with van der Waals surface area (Å²) in [4.78, 5) is 27.5. The Morgan fingerprint density at radius 3 is 2.58 bits per heavy atom. The van der Waals surface area contributed by atoms with Crippen LogP contribution in [-0.4, -0.2) is 33.1 Å². The van der Waals surface area contributed by atoms with Gasteiger partial charge in [-0.05, 0) is 30.9 Å². The van der Waals surface area contributed by atoms with Crippen LogP contribution in [0.3, 0.4) is 0 Å². The van der Waals surface area contributed by atoms with Gasteiger partial charge >= 0.3 is 5.97 Å². The maximum atomic E-state index is 13.5. The minimum Gasteiger partial charge on any atom is -0.497 e. The van der Waals surface area contributed by atoms with Crippen LogP contribution in [0.5, 0.6) is 11.5 Å². The Balaban J connectivity index is 1.87. The molecule has 0 fully saturated rings. The Bertz CT molecular complexity index is 1080. The van der Waals surface area contributed by atoms with Crippen molar-refractivity contribution in [1.82, 2.24) is 5.32 Å². The van der Waals surface area contributed by atoms with Crippen LogP contribution in [0.4, 0.5) is 0 Å². The zero-order chi connectivity index (χ0) is 22.1. The van der Waals surface area contributed by atoms with E-state index >= 15 is 0 Å². The van der Waals surface area contributed by atoms with E-state index in [-0.39, 0.29) is 11.7 Å². The molecular formula is C24H25NO5S. The first-order chi connectivity index (χ1) is 15.0. The van der Waals surface area contributed by atoms with Crippen molar-refractivity contribution in [2.75, 3.05) is 21.3 Å². The van der Waals surface area contributed by atoms with Crippen LogP contribution >= 0.6 is 11.3 Å². The van der Waals surface area contributed by atoms with E-state index in [9.17, 15) is 9.59 Å². The summed E-state index contributed by atoms with van der Waals surface area (Å²) in [6.45, 7) is 1.85. The Kier molecular flexibility index (Phi) is 5.87. The summed E-state index contributed by atoms with van der Waals surface area (Å²) >= 11 is 1.67. The minimum atomic E-state index is -0.568. The number of hydrogen-bond donors (Lipinski definition) is 1. The number of carbonyl (C=O) groups is 2. The molecule has 31 heavy (non-hydrogen) atoms. The summed E-state index contributed by atoms with van der Waals surface area (Å²) in [5.41, 5.74) is 3.32. The van der Waals surface area contributed by atoms with E-state index in [4.69, 9.17) is 14.2 Å². The lowest BCUT2D eigenvalue weighted by molar-refractivity contribution is -0.136. The lowest BCUT2D eigenvalue weighted by Gasteiger charge is -2.36. The average molecular weight is 440 g/mol. The highest BCUT2D eigenvalue weighted by Crippen LogP contribution is 2.48. The van der Waals surface area contributed by atoms with Gasteiger partial charge < -0.3 is 19.5 Å². The second-order valence-electron chi connectivity index (χ2n) is 7.63. The molecule has 1 aliphatic carbocycles. The predicted molar refractivity (Wildman–Crippen MR) is 118 cm³/mol. The quantitative estimate of drug-likeness (QED) is 0.701. The van der Waals surface area contributed by atoms with Crippen molar-refractivity contribution in [3.05, 3.63) is 68.7 Å². The summed E-state index contributed by atoms with van der Waals surface area (Å²) in [5, 5.41) is 5.37. The minimum absolute atomic E-state index is 0.0314. The first-order valence-corrected chi connectivity index (χ1v) is 10.9. The smallest absolute Gasteiger partial charge is 0.336 e. The summed E-state index contributed by atoms with van der Waals surface area (Å²) in [6.07, 6.45) is 1.12. The molecule has 4 rings (SSSR count). The van der Waals surface area contributed by atoms with Gasteiger partial charge in [0.15, 0.2) is 5.78 Å². The molecule has 1 aliphatic heterocycles. The van der Waals surface area contributed by atoms with E-state index in [2.05, 4.69) is 11.4 Å². The second-order valence-corrected chi connectivity index (χ2v) is 8.61. The third kappa shape index (κ3) is 3.74. The highest BCUT2D eigenvalue weighted by atomic mass is 32.1. The van der Waals surface area contributed by atoms with Crippen molar-refractivity contribution in [2.24, 2.45) is 0 Å². The van der Waals surface area contributed by atoms with Gasteiger partial charge in [0.25, 0.3) is 0 Å². The number of carbonyl (C=O) groups excluding carboxylic acids is 2. The summed E-state index contributed by atoms with van der Waals surface area (Å²) in [5.74, 6) is 0.319. The number of hydrogen-bond acceptors (Lipinski definition) is 7. The zero-order valence-corrected chi connectivity index (χ0v) is 18.8. The van der Waals surface area contributed by atoms with Gasteiger partial charge in [-0.15, -0.1) is 11.3 Å². The van der Waals surface area contributed by atoms with Gasteiger partial charge in [-0.2, -0.15) is 0 Å². The molecule has 1 aromatic heterocycles. The number of ketones is 1. The molecule has 1 aromatic carbocycles. The van der Waals surface area contributed by atoms with Crippen molar-refractivity contribution in [3.8, 4) is 11.5 Å². The molecule has 0 unspecified atom stereocenters. The fraction of sp³-hybridized carbons (Fsp3) is 0.333. The molecule has 2 heterocycles. The van der Waals surface area contributed by atoms with Gasteiger partial charge in [0, 0.05) is 45.8 Å². The average Bonchev–Trinajstić information content (AvgIpc) is 3.32. The van der Waals surface area contributed by atoms with E-state index in [0.717, 1.165) is 11.3 Å². The van der Waals surface area contributed by atoms with E-state index in [0.29, 0.717) is 41.2 Å². The van der Waals surface area contributed by atoms with Gasteiger partial charge in [0.2, 0.25) is 0 Å². The van der Waals surface area contributed by atoms with Crippen LogP contribution in [0.15, 0.2) is 58.3 Å². The molecule has 2 aromatic rings. The van der Waals surface area contributed by atoms with Gasteiger partial charge in [-0.1, -0.05) is 12.1 Å². The number of esters is 1. The monoisotopic (exact) mass is 439 g/mol. The molecule has 0 saturated carbocycles. The molecule has 6 nitrogen and oxygen atoms in total. The van der Waals surface area contributed by atoms with Crippen molar-refractivity contribution in [2.45, 2.75) is 31.6 Å². The Morgan fingerprint density at radius 2 is 1.94 bits per heavy atom. The van der Waals surface area contributed by atoms with Crippen LogP contribution in [0.25, 0.3) is 0 Å². The number of rotatable bonds is 5. The van der Waals surface area contributed by atoms with Gasteiger partial charge in [-0.3, -0.25) is 4.79 Å².